The van der Waals surface area contributed by atoms with Crippen LogP contribution in [0.5, 0.6) is 0 Å². The van der Waals surface area contributed by atoms with Crippen molar-refractivity contribution in [1.82, 2.24) is 15.0 Å². The maximum atomic E-state index is 4.89. The van der Waals surface area contributed by atoms with Gasteiger partial charge in [-0.2, -0.15) is 0 Å². The number of hydrogen-bond donors (Lipinski definition) is 0. The van der Waals surface area contributed by atoms with Crippen molar-refractivity contribution in [2.75, 3.05) is 0 Å². The lowest BCUT2D eigenvalue weighted by molar-refractivity contribution is 0.799. The van der Waals surface area contributed by atoms with Gasteiger partial charge >= 0.3 is 0 Å². The summed E-state index contributed by atoms with van der Waals surface area (Å²) in [5.74, 6) is 2.39. The zero-order valence-corrected chi connectivity index (χ0v) is 22.2. The first kappa shape index (κ1) is 24.2. The van der Waals surface area contributed by atoms with Crippen LogP contribution < -0.4 is 0 Å². The van der Waals surface area contributed by atoms with E-state index in [1.54, 1.807) is 0 Å². The van der Waals surface area contributed by atoms with Gasteiger partial charge in [-0.3, -0.25) is 0 Å². The number of fused-ring (bicyclic) bond motifs is 2. The summed E-state index contributed by atoms with van der Waals surface area (Å²) < 4.78 is 0. The van der Waals surface area contributed by atoms with Crippen LogP contribution in [-0.4, -0.2) is 15.0 Å². The van der Waals surface area contributed by atoms with Crippen molar-refractivity contribution in [2.45, 2.75) is 25.2 Å². The highest BCUT2D eigenvalue weighted by Gasteiger charge is 2.23. The van der Waals surface area contributed by atoms with Crippen molar-refractivity contribution >= 4 is 0 Å². The van der Waals surface area contributed by atoms with Crippen molar-refractivity contribution in [1.29, 1.82) is 0 Å². The van der Waals surface area contributed by atoms with Crippen molar-refractivity contribution in [3.8, 4) is 34.2 Å². The third-order valence-corrected chi connectivity index (χ3v) is 7.88. The highest BCUT2D eigenvalue weighted by molar-refractivity contribution is 5.66. The van der Waals surface area contributed by atoms with Crippen LogP contribution in [0.3, 0.4) is 0 Å². The van der Waals surface area contributed by atoms with Crippen molar-refractivity contribution in [3.05, 3.63) is 161 Å². The first-order valence-corrected chi connectivity index (χ1v) is 13.9. The molecule has 0 bridgehead atoms. The van der Waals surface area contributed by atoms with E-state index in [1.807, 2.05) is 60.7 Å². The van der Waals surface area contributed by atoms with Gasteiger partial charge in [-0.05, 0) is 47.1 Å². The van der Waals surface area contributed by atoms with E-state index in [-0.39, 0.29) is 0 Å². The Kier molecular flexibility index (Phi) is 6.47. The third kappa shape index (κ3) is 4.83. The maximum absolute atomic E-state index is 4.89. The topological polar surface area (TPSA) is 38.7 Å². The van der Waals surface area contributed by atoms with Crippen LogP contribution in [0, 0.1) is 0 Å². The molecule has 1 aliphatic rings. The molecule has 6 aromatic rings. The largest absolute Gasteiger partial charge is 0.208 e. The summed E-state index contributed by atoms with van der Waals surface area (Å²) in [5, 5.41) is 0. The fourth-order valence-electron chi connectivity index (χ4n) is 5.82. The van der Waals surface area contributed by atoms with E-state index < -0.39 is 0 Å². The summed E-state index contributed by atoms with van der Waals surface area (Å²) >= 11 is 0. The second-order valence-corrected chi connectivity index (χ2v) is 10.4. The third-order valence-electron chi connectivity index (χ3n) is 7.88. The number of benzene rings is 5. The molecule has 40 heavy (non-hydrogen) atoms. The molecule has 1 aromatic heterocycles. The van der Waals surface area contributed by atoms with Crippen LogP contribution in [0.25, 0.3) is 34.2 Å². The molecule has 7 rings (SSSR count). The van der Waals surface area contributed by atoms with E-state index in [0.29, 0.717) is 23.4 Å². The van der Waals surface area contributed by atoms with Crippen molar-refractivity contribution < 1.29 is 0 Å². The van der Waals surface area contributed by atoms with Gasteiger partial charge in [0.2, 0.25) is 0 Å². The van der Waals surface area contributed by atoms with Crippen LogP contribution >= 0.6 is 0 Å². The fourth-order valence-corrected chi connectivity index (χ4v) is 5.82. The maximum Gasteiger partial charge on any atom is 0.164 e. The summed E-state index contributed by atoms with van der Waals surface area (Å²) in [5.41, 5.74) is 10.1. The van der Waals surface area contributed by atoms with Gasteiger partial charge in [-0.1, -0.05) is 133 Å². The number of nitrogens with zero attached hydrogens (tertiary/aromatic N) is 3. The lowest BCUT2D eigenvalue weighted by atomic mass is 9.83. The van der Waals surface area contributed by atoms with Gasteiger partial charge in [-0.25, -0.2) is 15.0 Å². The first-order chi connectivity index (χ1) is 19.8. The van der Waals surface area contributed by atoms with Gasteiger partial charge in [-0.15, -0.1) is 0 Å². The molecule has 0 atom stereocenters. The summed E-state index contributed by atoms with van der Waals surface area (Å²) in [7, 11) is 0. The quantitative estimate of drug-likeness (QED) is 0.232. The molecule has 3 nitrogen and oxygen atoms in total. The molecular weight excluding hydrogens is 486 g/mol. The molecule has 3 heteroatoms. The molecule has 0 saturated carbocycles. The number of aryl methyl sites for hydroxylation is 2. The Labute approximate surface area is 235 Å². The predicted octanol–water partition coefficient (Wildman–Crippen LogP) is 8.35. The second-order valence-electron chi connectivity index (χ2n) is 10.4. The highest BCUT2D eigenvalue weighted by Crippen LogP contribution is 2.37. The molecule has 0 unspecified atom stereocenters. The molecule has 0 aliphatic heterocycles. The Morgan fingerprint density at radius 2 is 0.825 bits per heavy atom. The molecule has 0 amide bonds. The number of rotatable bonds is 5. The van der Waals surface area contributed by atoms with Crippen LogP contribution in [0.1, 0.15) is 33.7 Å². The lowest BCUT2D eigenvalue weighted by Crippen LogP contribution is -2.07. The van der Waals surface area contributed by atoms with Crippen molar-refractivity contribution in [2.24, 2.45) is 0 Å². The molecule has 0 spiro atoms. The predicted molar refractivity (Wildman–Crippen MR) is 162 cm³/mol. The van der Waals surface area contributed by atoms with Gasteiger partial charge < -0.3 is 0 Å². The Balaban J connectivity index is 1.25. The zero-order chi connectivity index (χ0) is 26.7. The van der Waals surface area contributed by atoms with Gasteiger partial charge in [0.25, 0.3) is 0 Å². The first-order valence-electron chi connectivity index (χ1n) is 13.9. The monoisotopic (exact) mass is 515 g/mol. The van der Waals surface area contributed by atoms with E-state index in [2.05, 4.69) is 72.8 Å². The minimum absolute atomic E-state index is 0.340. The normalized spacial score (nSPS) is 12.8. The molecular formula is C37H29N3. The fraction of sp³-hybridized carbons (Fsp3) is 0.108. The Morgan fingerprint density at radius 1 is 0.425 bits per heavy atom. The standard InChI is InChI=1S/C37H29N3/c1-3-13-29(14-4-1)35-38-36(30-15-5-2-6-16-30)40-37(39-35)31-21-19-26(20-22-31)25-34-32-17-9-7-11-27(32)23-24-28-12-8-10-18-33(28)34/h1-22,34H,23-25H2. The number of hydrogen-bond acceptors (Lipinski definition) is 3. The molecule has 0 fully saturated rings. The van der Waals surface area contributed by atoms with E-state index in [4.69, 9.17) is 15.0 Å². The summed E-state index contributed by atoms with van der Waals surface area (Å²) in [4.78, 5) is 14.6. The molecule has 0 radical (unpaired) electrons. The lowest BCUT2D eigenvalue weighted by Gasteiger charge is -2.21. The smallest absolute Gasteiger partial charge is 0.164 e. The van der Waals surface area contributed by atoms with E-state index >= 15 is 0 Å². The van der Waals surface area contributed by atoms with Gasteiger partial charge in [0.05, 0.1) is 0 Å². The molecule has 0 saturated heterocycles. The average molecular weight is 516 g/mol. The zero-order valence-electron chi connectivity index (χ0n) is 22.2. The van der Waals surface area contributed by atoms with Gasteiger partial charge in [0.1, 0.15) is 0 Å². The van der Waals surface area contributed by atoms with E-state index in [1.165, 1.54) is 27.8 Å². The molecule has 1 aliphatic carbocycles. The second kappa shape index (κ2) is 10.7. The van der Waals surface area contributed by atoms with Crippen LogP contribution in [0.4, 0.5) is 0 Å². The molecule has 5 aromatic carbocycles. The average Bonchev–Trinajstić information content (AvgIpc) is 3.19. The molecule has 0 N–H and O–H groups in total. The summed E-state index contributed by atoms with van der Waals surface area (Å²) in [6.45, 7) is 0. The van der Waals surface area contributed by atoms with Gasteiger partial charge in [0.15, 0.2) is 17.5 Å². The SMILES string of the molecule is c1ccc(-c2nc(-c3ccccc3)nc(-c3ccc(CC4c5ccccc5CCc5ccccc54)cc3)n2)cc1. The molecule has 1 heterocycles. The Morgan fingerprint density at radius 3 is 1.30 bits per heavy atom. The minimum Gasteiger partial charge on any atom is -0.208 e. The van der Waals surface area contributed by atoms with Crippen molar-refractivity contribution in [3.63, 3.8) is 0 Å². The van der Waals surface area contributed by atoms with Crippen LogP contribution in [-0.2, 0) is 19.3 Å². The Hall–Kier alpha value is -4.89. The minimum atomic E-state index is 0.340. The highest BCUT2D eigenvalue weighted by atomic mass is 15.0. The van der Waals surface area contributed by atoms with Crippen LogP contribution in [0.2, 0.25) is 0 Å². The van der Waals surface area contributed by atoms with E-state index in [0.717, 1.165) is 36.0 Å². The van der Waals surface area contributed by atoms with Gasteiger partial charge in [0, 0.05) is 22.6 Å². The van der Waals surface area contributed by atoms with E-state index in [9.17, 15) is 0 Å². The Bertz CT molecular complexity index is 1650. The summed E-state index contributed by atoms with van der Waals surface area (Å²) in [6.07, 6.45) is 3.14. The molecule has 192 valence electrons. The number of aromatic nitrogens is 3. The summed E-state index contributed by atoms with van der Waals surface area (Å²) in [6, 6.07) is 46.9. The van der Waals surface area contributed by atoms with Crippen LogP contribution in [0.15, 0.2) is 133 Å².